The summed E-state index contributed by atoms with van der Waals surface area (Å²) in [6.45, 7) is 9.20. The second-order valence-electron chi connectivity index (χ2n) is 4.97. The van der Waals surface area contributed by atoms with Crippen molar-refractivity contribution in [3.8, 4) is 0 Å². The normalized spacial score (nSPS) is 13.2. The molecule has 0 aliphatic carbocycles. The molecule has 0 saturated carbocycles. The predicted molar refractivity (Wildman–Crippen MR) is 78.7 cm³/mol. The van der Waals surface area contributed by atoms with E-state index < -0.39 is 9.84 Å². The van der Waals surface area contributed by atoms with Crippen molar-refractivity contribution in [2.75, 3.05) is 18.1 Å². The zero-order chi connectivity index (χ0) is 15.5. The highest BCUT2D eigenvalue weighted by atomic mass is 32.2. The summed E-state index contributed by atoms with van der Waals surface area (Å²) in [5, 5.41) is 0. The lowest BCUT2D eigenvalue weighted by molar-refractivity contribution is 0.0717. The molecule has 0 aliphatic heterocycles. The van der Waals surface area contributed by atoms with E-state index in [0.29, 0.717) is 23.6 Å². The van der Waals surface area contributed by atoms with Gasteiger partial charge in [0.1, 0.15) is 11.5 Å². The van der Waals surface area contributed by atoms with E-state index in [2.05, 4.69) is 0 Å². The number of hydrogen-bond acceptors (Lipinski definition) is 4. The van der Waals surface area contributed by atoms with E-state index in [1.165, 1.54) is 0 Å². The molecule has 1 rings (SSSR count). The average molecular weight is 301 g/mol. The summed E-state index contributed by atoms with van der Waals surface area (Å²) < 4.78 is 28.8. The molecule has 0 fully saturated rings. The Morgan fingerprint density at radius 2 is 1.95 bits per heavy atom. The Morgan fingerprint density at radius 1 is 1.35 bits per heavy atom. The van der Waals surface area contributed by atoms with Gasteiger partial charge in [-0.1, -0.05) is 6.92 Å². The number of sulfone groups is 1. The van der Waals surface area contributed by atoms with Crippen molar-refractivity contribution in [3.63, 3.8) is 0 Å². The number of carbonyl (C=O) groups excluding carboxylic acids is 1. The third-order valence-corrected chi connectivity index (χ3v) is 5.21. The van der Waals surface area contributed by atoms with Crippen LogP contribution in [0.15, 0.2) is 10.5 Å². The van der Waals surface area contributed by atoms with Crippen LogP contribution in [0.5, 0.6) is 0 Å². The van der Waals surface area contributed by atoms with Crippen LogP contribution in [-0.4, -0.2) is 43.3 Å². The quantitative estimate of drug-likeness (QED) is 0.807. The molecule has 1 aromatic rings. The lowest BCUT2D eigenvalue weighted by Gasteiger charge is -2.27. The molecule has 0 radical (unpaired) electrons. The van der Waals surface area contributed by atoms with Gasteiger partial charge in [0.25, 0.3) is 5.91 Å². The first kappa shape index (κ1) is 16.8. The van der Waals surface area contributed by atoms with Gasteiger partial charge in [0.05, 0.1) is 11.3 Å². The average Bonchev–Trinajstić information content (AvgIpc) is 2.68. The van der Waals surface area contributed by atoms with Crippen LogP contribution in [0.3, 0.4) is 0 Å². The van der Waals surface area contributed by atoms with Gasteiger partial charge in [-0.15, -0.1) is 0 Å². The lowest BCUT2D eigenvalue weighted by Crippen LogP contribution is -2.42. The summed E-state index contributed by atoms with van der Waals surface area (Å²) in [4.78, 5) is 14.1. The van der Waals surface area contributed by atoms with Gasteiger partial charge in [0.15, 0.2) is 9.84 Å². The van der Waals surface area contributed by atoms with E-state index in [1.807, 2.05) is 6.92 Å². The van der Waals surface area contributed by atoms with Crippen LogP contribution in [0.2, 0.25) is 0 Å². The fourth-order valence-electron chi connectivity index (χ4n) is 2.23. The highest BCUT2D eigenvalue weighted by Crippen LogP contribution is 2.18. The number of nitrogens with zero attached hydrogens (tertiary/aromatic N) is 1. The molecule has 0 N–H and O–H groups in total. The molecule has 1 aromatic heterocycles. The molecule has 1 atom stereocenters. The Hall–Kier alpha value is -1.30. The van der Waals surface area contributed by atoms with E-state index in [9.17, 15) is 13.2 Å². The van der Waals surface area contributed by atoms with Crippen LogP contribution < -0.4 is 0 Å². The molecule has 1 heterocycles. The Bertz CT molecular complexity index is 574. The Kier molecular flexibility index (Phi) is 5.39. The summed E-state index contributed by atoms with van der Waals surface area (Å²) in [6, 6.07) is 1.34. The summed E-state index contributed by atoms with van der Waals surface area (Å²) in [6.07, 6.45) is 0. The van der Waals surface area contributed by atoms with Crippen molar-refractivity contribution in [2.24, 2.45) is 0 Å². The van der Waals surface area contributed by atoms with Gasteiger partial charge >= 0.3 is 0 Å². The summed E-state index contributed by atoms with van der Waals surface area (Å²) in [5.74, 6) is 1.14. The fourth-order valence-corrected chi connectivity index (χ4v) is 3.38. The Morgan fingerprint density at radius 3 is 2.35 bits per heavy atom. The maximum Gasteiger partial charge on any atom is 0.257 e. The maximum absolute atomic E-state index is 12.5. The number of rotatable bonds is 6. The smallest absolute Gasteiger partial charge is 0.257 e. The van der Waals surface area contributed by atoms with Crippen molar-refractivity contribution in [2.45, 2.75) is 40.7 Å². The lowest BCUT2D eigenvalue weighted by atomic mass is 10.2. The van der Waals surface area contributed by atoms with E-state index in [1.54, 1.807) is 38.7 Å². The summed E-state index contributed by atoms with van der Waals surface area (Å²) >= 11 is 0. The molecule has 0 aliphatic rings. The SMILES string of the molecule is CCN(C(=O)c1cc(C)oc1C)C(C)CS(=O)(=O)CC. The number of carbonyl (C=O) groups is 1. The van der Waals surface area contributed by atoms with Gasteiger partial charge in [-0.05, 0) is 33.8 Å². The first-order chi connectivity index (χ1) is 9.21. The van der Waals surface area contributed by atoms with Crippen molar-refractivity contribution in [1.29, 1.82) is 0 Å². The molecule has 0 aromatic carbocycles. The standard InChI is InChI=1S/C14H23NO4S/c1-6-15(10(3)9-20(17,18)7-2)14(16)13-8-11(4)19-12(13)5/h8,10H,6-7,9H2,1-5H3. The maximum atomic E-state index is 12.5. The van der Waals surface area contributed by atoms with Gasteiger partial charge in [-0.3, -0.25) is 4.79 Å². The molecule has 5 nitrogen and oxygen atoms in total. The molecular formula is C14H23NO4S. The molecular weight excluding hydrogens is 278 g/mol. The molecule has 6 heteroatoms. The van der Waals surface area contributed by atoms with Crippen LogP contribution in [0.1, 0.15) is 42.6 Å². The second kappa shape index (κ2) is 6.43. The number of furan rings is 1. The van der Waals surface area contributed by atoms with Crippen LogP contribution in [-0.2, 0) is 9.84 Å². The fraction of sp³-hybridized carbons (Fsp3) is 0.643. The van der Waals surface area contributed by atoms with Crippen molar-refractivity contribution < 1.29 is 17.6 Å². The zero-order valence-electron chi connectivity index (χ0n) is 12.8. The first-order valence-electron chi connectivity index (χ1n) is 6.80. The molecule has 0 bridgehead atoms. The monoisotopic (exact) mass is 301 g/mol. The van der Waals surface area contributed by atoms with Crippen LogP contribution in [0.25, 0.3) is 0 Å². The van der Waals surface area contributed by atoms with Crippen LogP contribution >= 0.6 is 0 Å². The van der Waals surface area contributed by atoms with Gasteiger partial charge in [-0.25, -0.2) is 8.42 Å². The molecule has 114 valence electrons. The van der Waals surface area contributed by atoms with E-state index in [4.69, 9.17) is 4.42 Å². The number of amides is 1. The molecule has 1 unspecified atom stereocenters. The third kappa shape index (κ3) is 3.85. The number of aryl methyl sites for hydroxylation is 2. The molecule has 0 saturated heterocycles. The van der Waals surface area contributed by atoms with Gasteiger partial charge in [-0.2, -0.15) is 0 Å². The van der Waals surface area contributed by atoms with E-state index in [-0.39, 0.29) is 23.5 Å². The Labute approximate surface area is 120 Å². The minimum atomic E-state index is -3.11. The third-order valence-electron chi connectivity index (χ3n) is 3.34. The highest BCUT2D eigenvalue weighted by molar-refractivity contribution is 7.91. The molecule has 0 spiro atoms. The highest BCUT2D eigenvalue weighted by Gasteiger charge is 2.26. The zero-order valence-corrected chi connectivity index (χ0v) is 13.6. The van der Waals surface area contributed by atoms with Gasteiger partial charge in [0.2, 0.25) is 0 Å². The van der Waals surface area contributed by atoms with Gasteiger partial charge < -0.3 is 9.32 Å². The predicted octanol–water partition coefficient (Wildman–Crippen LogP) is 2.18. The van der Waals surface area contributed by atoms with Crippen molar-refractivity contribution in [3.05, 3.63) is 23.2 Å². The summed E-state index contributed by atoms with van der Waals surface area (Å²) in [7, 11) is -3.11. The second-order valence-corrected chi connectivity index (χ2v) is 7.36. The van der Waals surface area contributed by atoms with Crippen LogP contribution in [0, 0.1) is 13.8 Å². The van der Waals surface area contributed by atoms with Crippen molar-refractivity contribution >= 4 is 15.7 Å². The van der Waals surface area contributed by atoms with Gasteiger partial charge in [0, 0.05) is 18.3 Å². The Balaban J connectivity index is 2.96. The minimum absolute atomic E-state index is 0.0149. The topological polar surface area (TPSA) is 67.6 Å². The molecule has 20 heavy (non-hydrogen) atoms. The number of hydrogen-bond donors (Lipinski definition) is 0. The van der Waals surface area contributed by atoms with E-state index >= 15 is 0 Å². The first-order valence-corrected chi connectivity index (χ1v) is 8.62. The summed E-state index contributed by atoms with van der Waals surface area (Å²) in [5.41, 5.74) is 0.505. The van der Waals surface area contributed by atoms with Crippen LogP contribution in [0.4, 0.5) is 0 Å². The largest absolute Gasteiger partial charge is 0.466 e. The van der Waals surface area contributed by atoms with E-state index in [0.717, 1.165) is 0 Å². The minimum Gasteiger partial charge on any atom is -0.466 e. The van der Waals surface area contributed by atoms with Crippen molar-refractivity contribution in [1.82, 2.24) is 4.90 Å². The molecule has 1 amide bonds.